The van der Waals surface area contributed by atoms with E-state index in [2.05, 4.69) is 42.2 Å². The Labute approximate surface area is 126 Å². The summed E-state index contributed by atoms with van der Waals surface area (Å²) in [5.41, 5.74) is 1.35. The summed E-state index contributed by atoms with van der Waals surface area (Å²) in [4.78, 5) is 16.5. The van der Waals surface area contributed by atoms with Crippen molar-refractivity contribution < 1.29 is 9.53 Å². The van der Waals surface area contributed by atoms with Gasteiger partial charge in [0.2, 0.25) is 0 Å². The first kappa shape index (κ1) is 14.4. The molecule has 2 aliphatic heterocycles. The first-order valence-corrected chi connectivity index (χ1v) is 7.92. The van der Waals surface area contributed by atoms with Crippen LogP contribution in [0, 0.1) is 5.92 Å². The molecule has 2 heterocycles. The minimum atomic E-state index is -0.154. The average Bonchev–Trinajstić information content (AvgIpc) is 3.02. The van der Waals surface area contributed by atoms with Gasteiger partial charge in [0.15, 0.2) is 0 Å². The summed E-state index contributed by atoms with van der Waals surface area (Å²) < 4.78 is 5.18. The number of carbonyl (C=O) groups is 1. The van der Waals surface area contributed by atoms with Gasteiger partial charge in [0.25, 0.3) is 0 Å². The maximum atomic E-state index is 12.0. The van der Waals surface area contributed by atoms with Crippen LogP contribution in [0.5, 0.6) is 0 Å². The zero-order valence-corrected chi connectivity index (χ0v) is 12.9. The lowest BCUT2D eigenvalue weighted by molar-refractivity contribution is 0.0982. The number of fused-ring (bicyclic) bond motifs is 1. The standard InChI is InChI=1S/C17H24N2O2/c1-3-21-17(20)19-12-16-15(13(19)2)9-10-18(16)11-14-7-5-4-6-8-14/h4-8,13,15-16H,3,9-12H2,1-2H3/t13?,15-,16+/m1/s1. The Hall–Kier alpha value is -1.55. The van der Waals surface area contributed by atoms with Gasteiger partial charge in [-0.2, -0.15) is 0 Å². The number of ether oxygens (including phenoxy) is 1. The zero-order chi connectivity index (χ0) is 14.8. The Bertz CT molecular complexity index is 491. The van der Waals surface area contributed by atoms with Gasteiger partial charge in [-0.25, -0.2) is 4.79 Å². The van der Waals surface area contributed by atoms with Crippen molar-refractivity contribution in [1.82, 2.24) is 9.80 Å². The van der Waals surface area contributed by atoms with E-state index >= 15 is 0 Å². The number of rotatable bonds is 3. The lowest BCUT2D eigenvalue weighted by Gasteiger charge is -2.25. The summed E-state index contributed by atoms with van der Waals surface area (Å²) in [5.74, 6) is 0.582. The predicted molar refractivity (Wildman–Crippen MR) is 81.9 cm³/mol. The van der Waals surface area contributed by atoms with Gasteiger partial charge in [-0.15, -0.1) is 0 Å². The topological polar surface area (TPSA) is 32.8 Å². The van der Waals surface area contributed by atoms with E-state index in [0.717, 1.165) is 19.6 Å². The quantitative estimate of drug-likeness (QED) is 0.857. The van der Waals surface area contributed by atoms with Crippen LogP contribution in [-0.4, -0.2) is 47.7 Å². The van der Waals surface area contributed by atoms with E-state index in [1.165, 1.54) is 12.0 Å². The highest BCUT2D eigenvalue weighted by Crippen LogP contribution is 2.37. The van der Waals surface area contributed by atoms with Crippen molar-refractivity contribution >= 4 is 6.09 Å². The molecule has 1 unspecified atom stereocenters. The summed E-state index contributed by atoms with van der Waals surface area (Å²) in [7, 11) is 0. The molecule has 2 fully saturated rings. The first-order valence-electron chi connectivity index (χ1n) is 7.92. The number of hydrogen-bond acceptors (Lipinski definition) is 3. The Morgan fingerprint density at radius 1 is 1.33 bits per heavy atom. The predicted octanol–water partition coefficient (Wildman–Crippen LogP) is 2.74. The van der Waals surface area contributed by atoms with Crippen molar-refractivity contribution in [2.75, 3.05) is 19.7 Å². The number of benzene rings is 1. The molecule has 3 atom stereocenters. The molecule has 0 radical (unpaired) electrons. The van der Waals surface area contributed by atoms with Crippen molar-refractivity contribution in [3.05, 3.63) is 35.9 Å². The highest BCUT2D eigenvalue weighted by molar-refractivity contribution is 5.68. The largest absolute Gasteiger partial charge is 0.450 e. The second-order valence-electron chi connectivity index (χ2n) is 6.07. The SMILES string of the molecule is CCOC(=O)N1C[C@H]2[C@H](CCN2Cc2ccccc2)C1C. The lowest BCUT2D eigenvalue weighted by Crippen LogP contribution is -2.38. The number of hydrogen-bond donors (Lipinski definition) is 0. The van der Waals surface area contributed by atoms with E-state index in [1.54, 1.807) is 0 Å². The molecule has 0 aromatic heterocycles. The molecule has 4 nitrogen and oxygen atoms in total. The second-order valence-corrected chi connectivity index (χ2v) is 6.07. The van der Waals surface area contributed by atoms with Gasteiger partial charge in [-0.1, -0.05) is 30.3 Å². The third-order valence-electron chi connectivity index (χ3n) is 4.94. The van der Waals surface area contributed by atoms with Crippen LogP contribution < -0.4 is 0 Å². The number of likely N-dealkylation sites (tertiary alicyclic amines) is 2. The van der Waals surface area contributed by atoms with Crippen molar-refractivity contribution in [2.24, 2.45) is 5.92 Å². The van der Waals surface area contributed by atoms with Crippen LogP contribution in [-0.2, 0) is 11.3 Å². The summed E-state index contributed by atoms with van der Waals surface area (Å²) >= 11 is 0. The molecular formula is C17H24N2O2. The highest BCUT2D eigenvalue weighted by atomic mass is 16.6. The number of amides is 1. The Balaban J connectivity index is 1.67. The molecule has 1 amide bonds. The molecule has 1 aromatic carbocycles. The molecule has 0 saturated carbocycles. The van der Waals surface area contributed by atoms with E-state index in [4.69, 9.17) is 4.74 Å². The van der Waals surface area contributed by atoms with E-state index < -0.39 is 0 Å². The normalized spacial score (nSPS) is 28.7. The second kappa shape index (κ2) is 6.06. The third-order valence-corrected chi connectivity index (χ3v) is 4.94. The van der Waals surface area contributed by atoms with Crippen molar-refractivity contribution in [2.45, 2.75) is 38.9 Å². The van der Waals surface area contributed by atoms with Crippen LogP contribution in [0.15, 0.2) is 30.3 Å². The van der Waals surface area contributed by atoms with E-state index in [-0.39, 0.29) is 12.1 Å². The molecule has 4 heteroatoms. The molecule has 0 spiro atoms. The smallest absolute Gasteiger partial charge is 0.410 e. The number of carbonyl (C=O) groups excluding carboxylic acids is 1. The van der Waals surface area contributed by atoms with Gasteiger partial charge in [-0.3, -0.25) is 4.90 Å². The lowest BCUT2D eigenvalue weighted by atomic mass is 9.98. The van der Waals surface area contributed by atoms with Gasteiger partial charge in [0.1, 0.15) is 0 Å². The molecule has 114 valence electrons. The zero-order valence-electron chi connectivity index (χ0n) is 12.9. The summed E-state index contributed by atoms with van der Waals surface area (Å²) in [5, 5.41) is 0. The van der Waals surface area contributed by atoms with E-state index in [9.17, 15) is 4.79 Å². The Morgan fingerprint density at radius 2 is 2.10 bits per heavy atom. The molecule has 0 aliphatic carbocycles. The maximum Gasteiger partial charge on any atom is 0.410 e. The number of nitrogens with zero attached hydrogens (tertiary/aromatic N) is 2. The van der Waals surface area contributed by atoms with Gasteiger partial charge in [-0.05, 0) is 38.3 Å². The maximum absolute atomic E-state index is 12.0. The minimum absolute atomic E-state index is 0.154. The molecule has 2 aliphatic rings. The molecule has 0 N–H and O–H groups in total. The van der Waals surface area contributed by atoms with Gasteiger partial charge in [0, 0.05) is 25.2 Å². The fourth-order valence-electron chi connectivity index (χ4n) is 3.82. The Kier molecular flexibility index (Phi) is 4.15. The van der Waals surface area contributed by atoms with Crippen LogP contribution in [0.2, 0.25) is 0 Å². The Morgan fingerprint density at radius 3 is 2.81 bits per heavy atom. The van der Waals surface area contributed by atoms with E-state index in [1.807, 2.05) is 11.8 Å². The fourth-order valence-corrected chi connectivity index (χ4v) is 3.82. The molecular weight excluding hydrogens is 264 g/mol. The van der Waals surface area contributed by atoms with Crippen LogP contribution in [0.4, 0.5) is 4.79 Å². The summed E-state index contributed by atoms with van der Waals surface area (Å²) in [6.45, 7) is 7.38. The molecule has 3 rings (SSSR count). The molecule has 2 saturated heterocycles. The van der Waals surface area contributed by atoms with Crippen molar-refractivity contribution in [1.29, 1.82) is 0 Å². The summed E-state index contributed by atoms with van der Waals surface area (Å²) in [6.07, 6.45) is 1.02. The van der Waals surface area contributed by atoms with E-state index in [0.29, 0.717) is 18.6 Å². The van der Waals surface area contributed by atoms with Crippen LogP contribution >= 0.6 is 0 Å². The first-order chi connectivity index (χ1) is 10.2. The van der Waals surface area contributed by atoms with Gasteiger partial charge < -0.3 is 9.64 Å². The van der Waals surface area contributed by atoms with Crippen LogP contribution in [0.25, 0.3) is 0 Å². The van der Waals surface area contributed by atoms with Crippen LogP contribution in [0.1, 0.15) is 25.8 Å². The summed E-state index contributed by atoms with van der Waals surface area (Å²) in [6, 6.07) is 11.3. The molecule has 1 aromatic rings. The highest BCUT2D eigenvalue weighted by Gasteiger charge is 2.47. The monoisotopic (exact) mass is 288 g/mol. The third kappa shape index (κ3) is 2.77. The fraction of sp³-hybridized carbons (Fsp3) is 0.588. The van der Waals surface area contributed by atoms with Gasteiger partial charge in [0.05, 0.1) is 6.61 Å². The molecule has 0 bridgehead atoms. The van der Waals surface area contributed by atoms with Crippen molar-refractivity contribution in [3.63, 3.8) is 0 Å². The average molecular weight is 288 g/mol. The minimum Gasteiger partial charge on any atom is -0.450 e. The van der Waals surface area contributed by atoms with Crippen molar-refractivity contribution in [3.8, 4) is 0 Å². The van der Waals surface area contributed by atoms with Gasteiger partial charge >= 0.3 is 6.09 Å². The molecule has 21 heavy (non-hydrogen) atoms. The van der Waals surface area contributed by atoms with Crippen LogP contribution in [0.3, 0.4) is 0 Å².